The molecule has 1 aliphatic heterocycles. The first-order chi connectivity index (χ1) is 12.3. The fourth-order valence-corrected chi connectivity index (χ4v) is 3.25. The van der Waals surface area contributed by atoms with Crippen LogP contribution in [0.4, 0.5) is 0 Å². The Morgan fingerprint density at radius 1 is 0.640 bits per heavy atom. The summed E-state index contributed by atoms with van der Waals surface area (Å²) in [6.45, 7) is 0. The van der Waals surface area contributed by atoms with Gasteiger partial charge in [0.15, 0.2) is 0 Å². The Kier molecular flexibility index (Phi) is 4.36. The average molecular weight is 332 g/mol. The van der Waals surface area contributed by atoms with Crippen molar-refractivity contribution in [3.8, 4) is 0 Å². The third kappa shape index (κ3) is 2.98. The van der Waals surface area contributed by atoms with Crippen LogP contribution in [0.2, 0.25) is 0 Å². The van der Waals surface area contributed by atoms with E-state index >= 15 is 0 Å². The quantitative estimate of drug-likeness (QED) is 0.675. The van der Waals surface area contributed by atoms with Crippen molar-refractivity contribution in [2.24, 2.45) is 0 Å². The first-order valence-corrected chi connectivity index (χ1v) is 8.38. The highest BCUT2D eigenvalue weighted by Crippen LogP contribution is 2.51. The van der Waals surface area contributed by atoms with Gasteiger partial charge in [0.25, 0.3) is 0 Å². The molecular formula is C22H20O3. The van der Waals surface area contributed by atoms with Gasteiger partial charge in [-0.3, -0.25) is 0 Å². The minimum absolute atomic E-state index is 0.260. The van der Waals surface area contributed by atoms with Gasteiger partial charge in [0, 0.05) is 12.7 Å². The minimum Gasteiger partial charge on any atom is -0.327 e. The second-order valence-corrected chi connectivity index (χ2v) is 6.02. The molecule has 1 fully saturated rings. The summed E-state index contributed by atoms with van der Waals surface area (Å²) < 4.78 is 18.5. The Labute approximate surface area is 147 Å². The molecule has 2 atom stereocenters. The predicted octanol–water partition coefficient (Wildman–Crippen LogP) is 4.97. The van der Waals surface area contributed by atoms with Gasteiger partial charge in [0.2, 0.25) is 0 Å². The van der Waals surface area contributed by atoms with E-state index in [0.717, 1.165) is 16.7 Å². The number of hydrogen-bond acceptors (Lipinski definition) is 3. The van der Waals surface area contributed by atoms with E-state index in [-0.39, 0.29) is 12.2 Å². The summed E-state index contributed by atoms with van der Waals surface area (Å²) in [6.07, 6.45) is -0.521. The number of rotatable bonds is 4. The average Bonchev–Trinajstić information content (AvgIpc) is 3.11. The van der Waals surface area contributed by atoms with Crippen LogP contribution in [-0.2, 0) is 20.2 Å². The van der Waals surface area contributed by atoms with Crippen LogP contribution in [0.25, 0.3) is 0 Å². The third-order valence-electron chi connectivity index (χ3n) is 4.49. The molecule has 0 N–H and O–H groups in total. The van der Waals surface area contributed by atoms with Crippen molar-refractivity contribution in [1.82, 2.24) is 0 Å². The molecule has 0 amide bonds. The van der Waals surface area contributed by atoms with Gasteiger partial charge in [-0.25, -0.2) is 0 Å². The zero-order valence-electron chi connectivity index (χ0n) is 14.0. The summed E-state index contributed by atoms with van der Waals surface area (Å²) in [7, 11) is 1.61. The molecule has 0 aromatic heterocycles. The van der Waals surface area contributed by atoms with Gasteiger partial charge in [-0.1, -0.05) is 91.0 Å². The van der Waals surface area contributed by atoms with Crippen molar-refractivity contribution in [1.29, 1.82) is 0 Å². The van der Waals surface area contributed by atoms with Crippen molar-refractivity contribution in [3.05, 3.63) is 108 Å². The van der Waals surface area contributed by atoms with E-state index in [1.807, 2.05) is 66.7 Å². The number of ether oxygens (including phenoxy) is 3. The Balaban J connectivity index is 1.78. The van der Waals surface area contributed by atoms with Gasteiger partial charge < -0.3 is 14.2 Å². The van der Waals surface area contributed by atoms with Gasteiger partial charge in [0.1, 0.15) is 12.2 Å². The van der Waals surface area contributed by atoms with Crippen LogP contribution in [0.3, 0.4) is 0 Å². The maximum atomic E-state index is 6.39. The molecular weight excluding hydrogens is 312 g/mol. The largest absolute Gasteiger partial charge is 0.327 e. The Morgan fingerprint density at radius 2 is 1.04 bits per heavy atom. The van der Waals surface area contributed by atoms with Gasteiger partial charge in [-0.05, 0) is 11.1 Å². The van der Waals surface area contributed by atoms with Crippen molar-refractivity contribution >= 4 is 0 Å². The molecule has 0 radical (unpaired) electrons. The first-order valence-electron chi connectivity index (χ1n) is 8.38. The highest BCUT2D eigenvalue weighted by Gasteiger charge is 2.50. The molecule has 1 heterocycles. The molecule has 0 spiro atoms. The Morgan fingerprint density at radius 3 is 1.44 bits per heavy atom. The lowest BCUT2D eigenvalue weighted by Gasteiger charge is -2.26. The minimum atomic E-state index is -1.22. The van der Waals surface area contributed by atoms with E-state index in [1.54, 1.807) is 7.11 Å². The maximum Gasteiger partial charge on any atom is 0.313 e. The van der Waals surface area contributed by atoms with Crippen LogP contribution in [0.15, 0.2) is 91.0 Å². The topological polar surface area (TPSA) is 27.7 Å². The number of methoxy groups -OCH3 is 1. The first kappa shape index (κ1) is 16.0. The van der Waals surface area contributed by atoms with Gasteiger partial charge in [0.05, 0.1) is 0 Å². The van der Waals surface area contributed by atoms with Gasteiger partial charge in [-0.2, -0.15) is 0 Å². The van der Waals surface area contributed by atoms with E-state index in [2.05, 4.69) is 24.3 Å². The SMILES string of the molecule is COC1(c2ccccc2)OC(c2ccccc2)C(c2ccccc2)O1. The molecule has 3 nitrogen and oxygen atoms in total. The van der Waals surface area contributed by atoms with Crippen LogP contribution in [-0.4, -0.2) is 7.11 Å². The van der Waals surface area contributed by atoms with Crippen LogP contribution >= 0.6 is 0 Å². The van der Waals surface area contributed by atoms with E-state index in [9.17, 15) is 0 Å². The van der Waals surface area contributed by atoms with E-state index in [1.165, 1.54) is 0 Å². The normalized spacial score (nSPS) is 25.8. The summed E-state index contributed by atoms with van der Waals surface area (Å²) in [5.41, 5.74) is 2.97. The molecule has 126 valence electrons. The highest BCUT2D eigenvalue weighted by atomic mass is 16.9. The summed E-state index contributed by atoms with van der Waals surface area (Å²) in [6, 6.07) is 30.0. The maximum absolute atomic E-state index is 6.39. The van der Waals surface area contributed by atoms with Crippen molar-refractivity contribution in [2.75, 3.05) is 7.11 Å². The third-order valence-corrected chi connectivity index (χ3v) is 4.49. The zero-order valence-corrected chi connectivity index (χ0v) is 14.0. The summed E-state index contributed by atoms with van der Waals surface area (Å²) >= 11 is 0. The molecule has 0 bridgehead atoms. The molecule has 25 heavy (non-hydrogen) atoms. The van der Waals surface area contributed by atoms with E-state index in [0.29, 0.717) is 0 Å². The molecule has 3 heteroatoms. The van der Waals surface area contributed by atoms with Crippen molar-refractivity contribution < 1.29 is 14.2 Å². The van der Waals surface area contributed by atoms with Crippen molar-refractivity contribution in [3.63, 3.8) is 0 Å². The van der Waals surface area contributed by atoms with E-state index < -0.39 is 5.97 Å². The lowest BCUT2D eigenvalue weighted by Crippen LogP contribution is -2.29. The smallest absolute Gasteiger partial charge is 0.313 e. The fourth-order valence-electron chi connectivity index (χ4n) is 3.25. The molecule has 1 aliphatic rings. The number of hydrogen-bond donors (Lipinski definition) is 0. The zero-order chi connectivity index (χ0) is 17.1. The molecule has 2 unspecified atom stereocenters. The lowest BCUT2D eigenvalue weighted by molar-refractivity contribution is -0.344. The van der Waals surface area contributed by atoms with Crippen LogP contribution < -0.4 is 0 Å². The second-order valence-electron chi connectivity index (χ2n) is 6.02. The molecule has 3 aromatic rings. The molecule has 4 rings (SSSR count). The van der Waals surface area contributed by atoms with Gasteiger partial charge >= 0.3 is 5.97 Å². The standard InChI is InChI=1S/C22H20O3/c1-23-22(19-15-9-4-10-16-19)24-20(17-11-5-2-6-12-17)21(25-22)18-13-7-3-8-14-18/h2-16,20-21H,1H3. The van der Waals surface area contributed by atoms with Crippen LogP contribution in [0, 0.1) is 0 Å². The second kappa shape index (κ2) is 6.81. The summed E-state index contributed by atoms with van der Waals surface area (Å²) in [4.78, 5) is 0. The Bertz CT molecular complexity index is 755. The summed E-state index contributed by atoms with van der Waals surface area (Å²) in [5.74, 6) is -1.22. The summed E-state index contributed by atoms with van der Waals surface area (Å²) in [5, 5.41) is 0. The Hall–Kier alpha value is -2.46. The molecule has 1 saturated heterocycles. The lowest BCUT2D eigenvalue weighted by atomic mass is 9.99. The van der Waals surface area contributed by atoms with E-state index in [4.69, 9.17) is 14.2 Å². The number of benzene rings is 3. The van der Waals surface area contributed by atoms with Crippen molar-refractivity contribution in [2.45, 2.75) is 18.2 Å². The predicted molar refractivity (Wildman–Crippen MR) is 95.7 cm³/mol. The van der Waals surface area contributed by atoms with Crippen LogP contribution in [0.5, 0.6) is 0 Å². The molecule has 3 aromatic carbocycles. The molecule has 0 aliphatic carbocycles. The molecule has 0 saturated carbocycles. The van der Waals surface area contributed by atoms with Crippen LogP contribution in [0.1, 0.15) is 28.9 Å². The fraction of sp³-hybridized carbons (Fsp3) is 0.182. The monoisotopic (exact) mass is 332 g/mol. The highest BCUT2D eigenvalue weighted by molar-refractivity contribution is 5.28. The van der Waals surface area contributed by atoms with Gasteiger partial charge in [-0.15, -0.1) is 0 Å².